The van der Waals surface area contributed by atoms with Crippen LogP contribution in [0.1, 0.15) is 58.9 Å². The van der Waals surface area contributed by atoms with E-state index in [2.05, 4.69) is 5.16 Å². The van der Waals surface area contributed by atoms with Gasteiger partial charge < -0.3 is 18.6 Å². The molecular weight excluding hydrogens is 356 g/mol. The molecule has 1 saturated carbocycles. The van der Waals surface area contributed by atoms with Crippen LogP contribution in [0.3, 0.4) is 0 Å². The number of nitrogens with zero attached hydrogens (tertiary/aromatic N) is 2. The van der Waals surface area contributed by atoms with Crippen molar-refractivity contribution in [3.63, 3.8) is 0 Å². The number of hydrogen-bond acceptors (Lipinski definition) is 5. The zero-order valence-electron chi connectivity index (χ0n) is 16.3. The highest BCUT2D eigenvalue weighted by Crippen LogP contribution is 2.36. The van der Waals surface area contributed by atoms with Crippen LogP contribution < -0.4 is 4.74 Å². The normalized spacial score (nSPS) is 14.7. The van der Waals surface area contributed by atoms with E-state index < -0.39 is 0 Å². The van der Waals surface area contributed by atoms with E-state index >= 15 is 0 Å². The Hall–Kier alpha value is -3.02. The van der Waals surface area contributed by atoms with Crippen molar-refractivity contribution in [2.45, 2.75) is 52.3 Å². The maximum atomic E-state index is 13.3. The van der Waals surface area contributed by atoms with Gasteiger partial charge in [-0.3, -0.25) is 4.79 Å². The molecule has 1 aliphatic carbocycles. The number of carbonyl (C=O) groups is 1. The van der Waals surface area contributed by atoms with Crippen molar-refractivity contribution in [1.82, 2.24) is 10.1 Å². The van der Waals surface area contributed by atoms with Gasteiger partial charge in [-0.15, -0.1) is 0 Å². The Morgan fingerprint density at radius 3 is 2.75 bits per heavy atom. The highest BCUT2D eigenvalue weighted by molar-refractivity contribution is 5.95. The smallest absolute Gasteiger partial charge is 0.254 e. The molecule has 0 spiro atoms. The van der Waals surface area contributed by atoms with Gasteiger partial charge in [0, 0.05) is 11.6 Å². The van der Waals surface area contributed by atoms with Gasteiger partial charge >= 0.3 is 0 Å². The Morgan fingerprint density at radius 1 is 1.29 bits per heavy atom. The third-order valence-electron chi connectivity index (χ3n) is 5.19. The summed E-state index contributed by atoms with van der Waals surface area (Å²) in [6.45, 7) is 6.11. The van der Waals surface area contributed by atoms with E-state index in [1.165, 1.54) is 0 Å². The lowest BCUT2D eigenvalue weighted by Gasteiger charge is -2.28. The van der Waals surface area contributed by atoms with Crippen molar-refractivity contribution >= 4 is 5.91 Å². The van der Waals surface area contributed by atoms with Gasteiger partial charge in [-0.2, -0.15) is 0 Å². The molecule has 0 N–H and O–H groups in total. The summed E-state index contributed by atoms with van der Waals surface area (Å²) in [6, 6.07) is 11.2. The lowest BCUT2D eigenvalue weighted by Crippen LogP contribution is -2.35. The third-order valence-corrected chi connectivity index (χ3v) is 5.19. The predicted octanol–water partition coefficient (Wildman–Crippen LogP) is 4.83. The highest BCUT2D eigenvalue weighted by atomic mass is 16.5. The molecular formula is C22H24N2O4. The van der Waals surface area contributed by atoms with E-state index in [9.17, 15) is 4.79 Å². The number of rotatable bonds is 7. The summed E-state index contributed by atoms with van der Waals surface area (Å²) in [7, 11) is 0. The van der Waals surface area contributed by atoms with Crippen molar-refractivity contribution in [2.24, 2.45) is 0 Å². The van der Waals surface area contributed by atoms with Gasteiger partial charge in [-0.25, -0.2) is 0 Å². The van der Waals surface area contributed by atoms with E-state index in [1.807, 2.05) is 56.0 Å². The van der Waals surface area contributed by atoms with Crippen LogP contribution in [-0.4, -0.2) is 22.0 Å². The van der Waals surface area contributed by atoms with Crippen LogP contribution in [0.4, 0.5) is 0 Å². The van der Waals surface area contributed by atoms with E-state index in [4.69, 9.17) is 13.7 Å². The minimum Gasteiger partial charge on any atom is -0.489 e. The molecule has 0 radical (unpaired) electrons. The van der Waals surface area contributed by atoms with Crippen LogP contribution in [0.5, 0.6) is 5.75 Å². The fraction of sp³-hybridized carbons (Fsp3) is 0.364. The second-order valence-electron chi connectivity index (χ2n) is 7.25. The van der Waals surface area contributed by atoms with Crippen molar-refractivity contribution in [3.8, 4) is 5.75 Å². The molecule has 1 unspecified atom stereocenters. The Labute approximate surface area is 164 Å². The standard InChI is InChI=1S/C22H24N2O4/c1-14-20(16(3)28-23-14)13-27-19-7-4-6-17(12-19)22(25)24(18-9-10-18)15(2)21-8-5-11-26-21/h4-8,11-12,15,18H,9-10,13H2,1-3H3. The number of ether oxygens (including phenoxy) is 1. The van der Waals surface area contributed by atoms with Crippen molar-refractivity contribution in [3.05, 3.63) is 71.0 Å². The zero-order chi connectivity index (χ0) is 19.7. The Balaban J connectivity index is 1.51. The molecule has 0 aliphatic heterocycles. The topological polar surface area (TPSA) is 68.7 Å². The summed E-state index contributed by atoms with van der Waals surface area (Å²) in [5, 5.41) is 3.94. The third kappa shape index (κ3) is 3.67. The SMILES string of the molecule is Cc1noc(C)c1COc1cccc(C(=O)N(C2CC2)C(C)c2ccco2)c1. The molecule has 1 fully saturated rings. The molecule has 0 bridgehead atoms. The largest absolute Gasteiger partial charge is 0.489 e. The van der Waals surface area contributed by atoms with Crippen LogP contribution in [0, 0.1) is 13.8 Å². The molecule has 6 heteroatoms. The summed E-state index contributed by atoms with van der Waals surface area (Å²) in [6.07, 6.45) is 3.70. The van der Waals surface area contributed by atoms with Gasteiger partial charge in [0.05, 0.1) is 23.6 Å². The van der Waals surface area contributed by atoms with Crippen LogP contribution in [0.15, 0.2) is 51.6 Å². The summed E-state index contributed by atoms with van der Waals surface area (Å²) in [5.74, 6) is 2.18. The maximum absolute atomic E-state index is 13.3. The molecule has 28 heavy (non-hydrogen) atoms. The Morgan fingerprint density at radius 2 is 2.11 bits per heavy atom. The van der Waals surface area contributed by atoms with Crippen LogP contribution in [0.25, 0.3) is 0 Å². The number of furan rings is 1. The first kappa shape index (κ1) is 18.3. The second kappa shape index (κ2) is 7.54. The molecule has 146 valence electrons. The van der Waals surface area contributed by atoms with Crippen LogP contribution >= 0.6 is 0 Å². The van der Waals surface area contributed by atoms with E-state index in [0.29, 0.717) is 17.9 Å². The molecule has 6 nitrogen and oxygen atoms in total. The average Bonchev–Trinajstić information content (AvgIpc) is 3.26. The van der Waals surface area contributed by atoms with E-state index in [0.717, 1.165) is 35.6 Å². The number of benzene rings is 1. The number of carbonyl (C=O) groups excluding carboxylic acids is 1. The number of aryl methyl sites for hydroxylation is 2. The monoisotopic (exact) mass is 380 g/mol. The fourth-order valence-corrected chi connectivity index (χ4v) is 3.41. The molecule has 3 aromatic rings. The molecule has 1 amide bonds. The van der Waals surface area contributed by atoms with Gasteiger partial charge in [0.1, 0.15) is 23.9 Å². The van der Waals surface area contributed by atoms with Gasteiger partial charge in [0.2, 0.25) is 0 Å². The Bertz CT molecular complexity index is 937. The van der Waals surface area contributed by atoms with E-state index in [-0.39, 0.29) is 18.0 Å². The molecule has 0 saturated heterocycles. The number of hydrogen-bond donors (Lipinski definition) is 0. The predicted molar refractivity (Wildman–Crippen MR) is 103 cm³/mol. The quantitative estimate of drug-likeness (QED) is 0.587. The fourth-order valence-electron chi connectivity index (χ4n) is 3.41. The van der Waals surface area contributed by atoms with Gasteiger partial charge in [-0.1, -0.05) is 11.2 Å². The lowest BCUT2D eigenvalue weighted by molar-refractivity contribution is 0.0652. The zero-order valence-corrected chi connectivity index (χ0v) is 16.3. The second-order valence-corrected chi connectivity index (χ2v) is 7.25. The summed E-state index contributed by atoms with van der Waals surface area (Å²) in [4.78, 5) is 15.2. The van der Waals surface area contributed by atoms with Gasteiger partial charge in [0.15, 0.2) is 0 Å². The first-order chi connectivity index (χ1) is 13.5. The number of amides is 1. The van der Waals surface area contributed by atoms with Gasteiger partial charge in [0.25, 0.3) is 5.91 Å². The van der Waals surface area contributed by atoms with E-state index in [1.54, 1.807) is 12.3 Å². The highest BCUT2D eigenvalue weighted by Gasteiger charge is 2.37. The Kier molecular flexibility index (Phi) is 4.94. The minimum atomic E-state index is -0.109. The molecule has 1 aliphatic rings. The summed E-state index contributed by atoms with van der Waals surface area (Å²) in [5.41, 5.74) is 2.36. The molecule has 4 rings (SSSR count). The van der Waals surface area contributed by atoms with Crippen LogP contribution in [0.2, 0.25) is 0 Å². The first-order valence-electron chi connectivity index (χ1n) is 9.55. The summed E-state index contributed by atoms with van der Waals surface area (Å²) < 4.78 is 16.6. The maximum Gasteiger partial charge on any atom is 0.254 e. The van der Waals surface area contributed by atoms with Crippen LogP contribution in [-0.2, 0) is 6.61 Å². The average molecular weight is 380 g/mol. The van der Waals surface area contributed by atoms with Crippen molar-refractivity contribution < 1.29 is 18.5 Å². The summed E-state index contributed by atoms with van der Waals surface area (Å²) >= 11 is 0. The van der Waals surface area contributed by atoms with Crippen molar-refractivity contribution in [1.29, 1.82) is 0 Å². The molecule has 1 aromatic carbocycles. The molecule has 1 atom stereocenters. The minimum absolute atomic E-state index is 0.00538. The lowest BCUT2D eigenvalue weighted by atomic mass is 10.1. The number of aromatic nitrogens is 1. The first-order valence-corrected chi connectivity index (χ1v) is 9.55. The van der Waals surface area contributed by atoms with Crippen molar-refractivity contribution in [2.75, 3.05) is 0 Å². The molecule has 2 heterocycles. The molecule has 2 aromatic heterocycles. The van der Waals surface area contributed by atoms with Gasteiger partial charge in [-0.05, 0) is 63.9 Å².